The van der Waals surface area contributed by atoms with Gasteiger partial charge in [-0.1, -0.05) is 18.2 Å². The smallest absolute Gasteiger partial charge is 0.410 e. The molecule has 2 aromatic rings. The molecule has 0 aliphatic carbocycles. The molecular weight excluding hydrogens is 206 g/mol. The van der Waals surface area contributed by atoms with Crippen LogP contribution in [0.5, 0.6) is 5.75 Å². The van der Waals surface area contributed by atoms with Crippen LogP contribution in [0.3, 0.4) is 0 Å². The summed E-state index contributed by atoms with van der Waals surface area (Å²) in [6.45, 7) is 0.367. The number of benzene rings is 1. The molecule has 0 spiro atoms. The molecule has 16 heavy (non-hydrogen) atoms. The fourth-order valence-corrected chi connectivity index (χ4v) is 1.18. The van der Waals surface area contributed by atoms with Crippen LogP contribution in [0, 0.1) is 0 Å². The quantitative estimate of drug-likeness (QED) is 0.822. The van der Waals surface area contributed by atoms with Crippen molar-refractivity contribution in [1.29, 1.82) is 0 Å². The molecule has 1 amide bonds. The molecular formula is C11H11N3O2. The third-order valence-electron chi connectivity index (χ3n) is 1.94. The normalized spacial score (nSPS) is 9.75. The Bertz CT molecular complexity index is 440. The number of amides is 1. The van der Waals surface area contributed by atoms with E-state index in [0.717, 1.165) is 5.69 Å². The number of para-hydroxylation sites is 1. The molecule has 82 valence electrons. The van der Waals surface area contributed by atoms with Gasteiger partial charge in [0.1, 0.15) is 5.75 Å². The number of ether oxygens (including phenoxy) is 1. The second kappa shape index (κ2) is 4.97. The first kappa shape index (κ1) is 10.2. The second-order valence-corrected chi connectivity index (χ2v) is 3.14. The summed E-state index contributed by atoms with van der Waals surface area (Å²) in [5, 5.41) is 9.10. The van der Waals surface area contributed by atoms with Gasteiger partial charge in [0.05, 0.1) is 12.2 Å². The van der Waals surface area contributed by atoms with Gasteiger partial charge in [-0.2, -0.15) is 5.10 Å². The first-order valence-electron chi connectivity index (χ1n) is 4.83. The molecule has 0 radical (unpaired) electrons. The van der Waals surface area contributed by atoms with Crippen molar-refractivity contribution in [2.75, 3.05) is 0 Å². The Labute approximate surface area is 92.4 Å². The zero-order chi connectivity index (χ0) is 11.2. The lowest BCUT2D eigenvalue weighted by Crippen LogP contribution is -2.26. The zero-order valence-electron chi connectivity index (χ0n) is 8.51. The SMILES string of the molecule is O=C(NCc1ccn[nH]1)Oc1ccccc1. The van der Waals surface area contributed by atoms with E-state index in [2.05, 4.69) is 15.5 Å². The van der Waals surface area contributed by atoms with Gasteiger partial charge in [-0.05, 0) is 18.2 Å². The molecule has 0 aliphatic rings. The molecule has 2 N–H and O–H groups in total. The molecule has 0 bridgehead atoms. The Morgan fingerprint density at radius 2 is 2.12 bits per heavy atom. The predicted octanol–water partition coefficient (Wildman–Crippen LogP) is 1.70. The van der Waals surface area contributed by atoms with Crippen molar-refractivity contribution < 1.29 is 9.53 Å². The lowest BCUT2D eigenvalue weighted by Gasteiger charge is -2.04. The van der Waals surface area contributed by atoms with Crippen molar-refractivity contribution in [3.8, 4) is 5.75 Å². The van der Waals surface area contributed by atoms with Crippen molar-refractivity contribution in [2.45, 2.75) is 6.54 Å². The third-order valence-corrected chi connectivity index (χ3v) is 1.94. The van der Waals surface area contributed by atoms with Crippen molar-refractivity contribution >= 4 is 6.09 Å². The Balaban J connectivity index is 1.81. The van der Waals surface area contributed by atoms with Gasteiger partial charge in [0.25, 0.3) is 0 Å². The van der Waals surface area contributed by atoms with Crippen LogP contribution < -0.4 is 10.1 Å². The number of carbonyl (C=O) groups excluding carboxylic acids is 1. The minimum Gasteiger partial charge on any atom is -0.410 e. The highest BCUT2D eigenvalue weighted by Crippen LogP contribution is 2.08. The lowest BCUT2D eigenvalue weighted by atomic mass is 10.3. The number of hydrogen-bond acceptors (Lipinski definition) is 3. The summed E-state index contributed by atoms with van der Waals surface area (Å²) in [6, 6.07) is 10.7. The highest BCUT2D eigenvalue weighted by Gasteiger charge is 2.03. The average Bonchev–Trinajstić information content (AvgIpc) is 2.81. The maximum atomic E-state index is 11.3. The van der Waals surface area contributed by atoms with Gasteiger partial charge in [0, 0.05) is 6.20 Å². The maximum Gasteiger partial charge on any atom is 0.412 e. The molecule has 1 aromatic heterocycles. The number of aromatic amines is 1. The highest BCUT2D eigenvalue weighted by atomic mass is 16.5. The monoisotopic (exact) mass is 217 g/mol. The minimum atomic E-state index is -0.485. The summed E-state index contributed by atoms with van der Waals surface area (Å²) < 4.78 is 5.03. The van der Waals surface area contributed by atoms with Crippen LogP contribution in [0.15, 0.2) is 42.6 Å². The Kier molecular flexibility index (Phi) is 3.18. The molecule has 1 aromatic carbocycles. The van der Waals surface area contributed by atoms with Gasteiger partial charge >= 0.3 is 6.09 Å². The summed E-state index contributed by atoms with van der Waals surface area (Å²) in [5.74, 6) is 0.518. The van der Waals surface area contributed by atoms with E-state index in [-0.39, 0.29) is 0 Å². The molecule has 0 unspecified atom stereocenters. The van der Waals surface area contributed by atoms with Gasteiger partial charge in [-0.25, -0.2) is 4.79 Å². The Hall–Kier alpha value is -2.30. The molecule has 5 nitrogen and oxygen atoms in total. The van der Waals surface area contributed by atoms with Crippen LogP contribution in [-0.4, -0.2) is 16.3 Å². The minimum absolute atomic E-state index is 0.367. The largest absolute Gasteiger partial charge is 0.412 e. The summed E-state index contributed by atoms with van der Waals surface area (Å²) in [5.41, 5.74) is 0.824. The van der Waals surface area contributed by atoms with Gasteiger partial charge in [0.2, 0.25) is 0 Å². The summed E-state index contributed by atoms with van der Waals surface area (Å²) in [6.07, 6.45) is 1.14. The van der Waals surface area contributed by atoms with Crippen LogP contribution >= 0.6 is 0 Å². The van der Waals surface area contributed by atoms with E-state index in [9.17, 15) is 4.79 Å². The van der Waals surface area contributed by atoms with Crippen molar-refractivity contribution in [3.05, 3.63) is 48.3 Å². The Morgan fingerprint density at radius 3 is 2.81 bits per heavy atom. The van der Waals surface area contributed by atoms with Crippen LogP contribution in [-0.2, 0) is 6.54 Å². The standard InChI is InChI=1S/C11H11N3O2/c15-11(12-8-9-6-7-13-14-9)16-10-4-2-1-3-5-10/h1-7H,8H2,(H,12,15)(H,13,14). The predicted molar refractivity (Wildman–Crippen MR) is 57.9 cm³/mol. The van der Waals surface area contributed by atoms with Crippen molar-refractivity contribution in [2.24, 2.45) is 0 Å². The number of nitrogens with zero attached hydrogens (tertiary/aromatic N) is 1. The molecule has 0 saturated carbocycles. The maximum absolute atomic E-state index is 11.3. The van der Waals surface area contributed by atoms with Crippen LogP contribution in [0.2, 0.25) is 0 Å². The van der Waals surface area contributed by atoms with Crippen molar-refractivity contribution in [1.82, 2.24) is 15.5 Å². The van der Waals surface area contributed by atoms with Crippen molar-refractivity contribution in [3.63, 3.8) is 0 Å². The van der Waals surface area contributed by atoms with E-state index in [1.807, 2.05) is 6.07 Å². The second-order valence-electron chi connectivity index (χ2n) is 3.14. The first-order chi connectivity index (χ1) is 7.84. The summed E-state index contributed by atoms with van der Waals surface area (Å²) in [4.78, 5) is 11.3. The molecule has 5 heteroatoms. The third kappa shape index (κ3) is 2.84. The van der Waals surface area contributed by atoms with Gasteiger partial charge < -0.3 is 10.1 Å². The fraction of sp³-hybridized carbons (Fsp3) is 0.0909. The topological polar surface area (TPSA) is 67.0 Å². The first-order valence-corrected chi connectivity index (χ1v) is 4.83. The molecule has 0 atom stereocenters. The van der Waals surface area contributed by atoms with Gasteiger partial charge in [-0.15, -0.1) is 0 Å². The van der Waals surface area contributed by atoms with E-state index >= 15 is 0 Å². The summed E-state index contributed by atoms with van der Waals surface area (Å²) >= 11 is 0. The number of hydrogen-bond donors (Lipinski definition) is 2. The van der Waals surface area contributed by atoms with E-state index in [1.54, 1.807) is 36.5 Å². The van der Waals surface area contributed by atoms with Crippen LogP contribution in [0.25, 0.3) is 0 Å². The van der Waals surface area contributed by atoms with Gasteiger partial charge in [-0.3, -0.25) is 5.10 Å². The van der Waals surface area contributed by atoms with Crippen LogP contribution in [0.1, 0.15) is 5.69 Å². The lowest BCUT2D eigenvalue weighted by molar-refractivity contribution is 0.200. The van der Waals surface area contributed by atoms with Crippen LogP contribution in [0.4, 0.5) is 4.79 Å². The number of nitrogens with one attached hydrogen (secondary N) is 2. The van der Waals surface area contributed by atoms with E-state index in [0.29, 0.717) is 12.3 Å². The zero-order valence-corrected chi connectivity index (χ0v) is 8.51. The van der Waals surface area contributed by atoms with E-state index in [1.165, 1.54) is 0 Å². The molecule has 0 saturated heterocycles. The Morgan fingerprint density at radius 1 is 1.31 bits per heavy atom. The molecule has 1 heterocycles. The van der Waals surface area contributed by atoms with E-state index in [4.69, 9.17) is 4.74 Å². The highest BCUT2D eigenvalue weighted by molar-refractivity contribution is 5.70. The molecule has 0 fully saturated rings. The summed E-state index contributed by atoms with van der Waals surface area (Å²) in [7, 11) is 0. The fourth-order valence-electron chi connectivity index (χ4n) is 1.18. The molecule has 0 aliphatic heterocycles. The number of aromatic nitrogens is 2. The molecule has 2 rings (SSSR count). The number of H-pyrrole nitrogens is 1. The number of rotatable bonds is 3. The van der Waals surface area contributed by atoms with Gasteiger partial charge in [0.15, 0.2) is 0 Å². The number of carbonyl (C=O) groups is 1. The average molecular weight is 217 g/mol. The van der Waals surface area contributed by atoms with E-state index < -0.39 is 6.09 Å².